The van der Waals surface area contributed by atoms with Crippen LogP contribution in [0, 0.1) is 29.2 Å². The maximum atomic E-state index is 14.7. The number of alkyl halides is 1. The highest BCUT2D eigenvalue weighted by Crippen LogP contribution is 2.40. The highest BCUT2D eigenvalue weighted by molar-refractivity contribution is 6.18. The first kappa shape index (κ1) is 20.0. The van der Waals surface area contributed by atoms with Gasteiger partial charge in [0.05, 0.1) is 6.61 Å². The lowest BCUT2D eigenvalue weighted by atomic mass is 9.79. The summed E-state index contributed by atoms with van der Waals surface area (Å²) in [6, 6.07) is 5.22. The minimum atomic E-state index is -1.25. The van der Waals surface area contributed by atoms with Gasteiger partial charge in [-0.05, 0) is 62.1 Å². The average molecular weight is 401 g/mol. The van der Waals surface area contributed by atoms with E-state index in [9.17, 15) is 17.6 Å². The van der Waals surface area contributed by atoms with E-state index < -0.39 is 23.3 Å². The summed E-state index contributed by atoms with van der Waals surface area (Å²) in [5.41, 5.74) is -0.342. The van der Waals surface area contributed by atoms with Gasteiger partial charge in [-0.25, -0.2) is 13.2 Å². The molecule has 0 aliphatic heterocycles. The molecule has 0 N–H and O–H groups in total. The molecule has 3 rings (SSSR count). The number of hydrogen-bond donors (Lipinski definition) is 0. The predicted octanol–water partition coefficient (Wildman–Crippen LogP) is 6.82. The molecule has 0 unspecified atom stereocenters. The van der Waals surface area contributed by atoms with Crippen LogP contribution < -0.4 is 4.74 Å². The topological polar surface area (TPSA) is 9.23 Å². The van der Waals surface area contributed by atoms with E-state index in [2.05, 4.69) is 0 Å². The third-order valence-electron chi connectivity index (χ3n) is 5.25. The Hall–Kier alpha value is -1.75. The van der Waals surface area contributed by atoms with Crippen LogP contribution in [0.25, 0.3) is 11.1 Å². The summed E-state index contributed by atoms with van der Waals surface area (Å²) in [5.74, 6) is -3.97. The van der Waals surface area contributed by atoms with Gasteiger partial charge in [-0.2, -0.15) is 4.39 Å². The Labute approximate surface area is 161 Å². The van der Waals surface area contributed by atoms with Crippen molar-refractivity contribution < 1.29 is 22.3 Å². The van der Waals surface area contributed by atoms with Crippen LogP contribution in [0.4, 0.5) is 17.6 Å². The lowest BCUT2D eigenvalue weighted by molar-refractivity contribution is 0.314. The molecule has 27 heavy (non-hydrogen) atoms. The molecular formula is C21H21ClF4O. The molecule has 0 aromatic heterocycles. The summed E-state index contributed by atoms with van der Waals surface area (Å²) in [6.45, 7) is 1.80. The largest absolute Gasteiger partial charge is 0.491 e. The average Bonchev–Trinajstić information content (AvgIpc) is 2.68. The summed E-state index contributed by atoms with van der Waals surface area (Å²) in [5, 5.41) is 0. The number of rotatable bonds is 5. The van der Waals surface area contributed by atoms with E-state index in [1.165, 1.54) is 24.3 Å². The van der Waals surface area contributed by atoms with Gasteiger partial charge in [0.25, 0.3) is 0 Å². The lowest BCUT2D eigenvalue weighted by Gasteiger charge is -2.28. The molecule has 1 saturated carbocycles. The molecule has 0 spiro atoms. The fraction of sp³-hybridized carbons (Fsp3) is 0.429. The molecule has 1 aliphatic rings. The van der Waals surface area contributed by atoms with Crippen LogP contribution in [0.5, 0.6) is 5.75 Å². The van der Waals surface area contributed by atoms with Crippen molar-refractivity contribution in [2.24, 2.45) is 5.92 Å². The highest BCUT2D eigenvalue weighted by Gasteiger charge is 2.27. The Morgan fingerprint density at radius 3 is 2.04 bits per heavy atom. The van der Waals surface area contributed by atoms with Crippen molar-refractivity contribution in [1.82, 2.24) is 0 Å². The number of ether oxygens (including phenoxy) is 1. The van der Waals surface area contributed by atoms with E-state index in [0.717, 1.165) is 25.7 Å². The molecule has 0 amide bonds. The molecular weight excluding hydrogens is 380 g/mol. The fourth-order valence-corrected chi connectivity index (χ4v) is 4.03. The highest BCUT2D eigenvalue weighted by atomic mass is 35.5. The third kappa shape index (κ3) is 3.93. The third-order valence-corrected chi connectivity index (χ3v) is 5.69. The van der Waals surface area contributed by atoms with Crippen LogP contribution in [-0.2, 0) is 0 Å². The number of benzene rings is 2. The molecule has 0 heterocycles. The molecule has 0 bridgehead atoms. The minimum absolute atomic E-state index is 0.0880. The van der Waals surface area contributed by atoms with Gasteiger partial charge in [-0.15, -0.1) is 11.6 Å². The van der Waals surface area contributed by atoms with E-state index in [-0.39, 0.29) is 35.0 Å². The Kier molecular flexibility index (Phi) is 6.30. The standard InChI is InChI=1S/C21H21ClF4O/c1-2-27-17-10-9-16(20(25)21(17)26)15-8-7-14(18(23)19(15)24)13-5-3-12(11-22)4-6-13/h7-10,12-13H,2-6,11H2,1H3/t12-,13-. The van der Waals surface area contributed by atoms with Gasteiger partial charge in [0.2, 0.25) is 5.82 Å². The van der Waals surface area contributed by atoms with Gasteiger partial charge in [-0.1, -0.05) is 12.1 Å². The molecule has 1 fully saturated rings. The zero-order valence-corrected chi connectivity index (χ0v) is 15.8. The van der Waals surface area contributed by atoms with Crippen molar-refractivity contribution in [2.75, 3.05) is 12.5 Å². The molecule has 0 atom stereocenters. The van der Waals surface area contributed by atoms with Crippen LogP contribution in [-0.4, -0.2) is 12.5 Å². The van der Waals surface area contributed by atoms with Crippen molar-refractivity contribution >= 4 is 11.6 Å². The molecule has 1 nitrogen and oxygen atoms in total. The normalized spacial score (nSPS) is 19.9. The van der Waals surface area contributed by atoms with E-state index in [1.54, 1.807) is 6.92 Å². The first-order chi connectivity index (χ1) is 13.0. The molecule has 0 radical (unpaired) electrons. The van der Waals surface area contributed by atoms with Crippen LogP contribution >= 0.6 is 11.6 Å². The molecule has 146 valence electrons. The smallest absolute Gasteiger partial charge is 0.201 e. The number of hydrogen-bond acceptors (Lipinski definition) is 1. The SMILES string of the molecule is CCOc1ccc(-c2ccc([C@H]3CC[C@H](CCl)CC3)c(F)c2F)c(F)c1F. The summed E-state index contributed by atoms with van der Waals surface area (Å²) in [6.07, 6.45) is 3.21. The lowest BCUT2D eigenvalue weighted by Crippen LogP contribution is -2.16. The van der Waals surface area contributed by atoms with Crippen molar-refractivity contribution in [1.29, 1.82) is 0 Å². The molecule has 2 aromatic rings. The maximum absolute atomic E-state index is 14.7. The number of halogens is 5. The van der Waals surface area contributed by atoms with Gasteiger partial charge in [0, 0.05) is 17.0 Å². The quantitative estimate of drug-likeness (QED) is 0.395. The zero-order valence-electron chi connectivity index (χ0n) is 15.0. The monoisotopic (exact) mass is 400 g/mol. The first-order valence-electron chi connectivity index (χ1n) is 9.12. The second kappa shape index (κ2) is 8.51. The Morgan fingerprint density at radius 2 is 1.44 bits per heavy atom. The Morgan fingerprint density at radius 1 is 0.852 bits per heavy atom. The van der Waals surface area contributed by atoms with Gasteiger partial charge in [0.1, 0.15) is 0 Å². The van der Waals surface area contributed by atoms with E-state index in [1.807, 2.05) is 0 Å². The molecule has 0 saturated heterocycles. The van der Waals surface area contributed by atoms with Crippen LogP contribution in [0.1, 0.15) is 44.1 Å². The summed E-state index contributed by atoms with van der Waals surface area (Å²) in [4.78, 5) is 0. The van der Waals surface area contributed by atoms with E-state index >= 15 is 0 Å². The van der Waals surface area contributed by atoms with Gasteiger partial charge >= 0.3 is 0 Å². The fourth-order valence-electron chi connectivity index (χ4n) is 3.72. The van der Waals surface area contributed by atoms with Gasteiger partial charge < -0.3 is 4.74 Å². The second-order valence-electron chi connectivity index (χ2n) is 6.87. The minimum Gasteiger partial charge on any atom is -0.491 e. The Bertz CT molecular complexity index is 816. The summed E-state index contributed by atoms with van der Waals surface area (Å²) < 4.78 is 62.8. The van der Waals surface area contributed by atoms with Crippen molar-refractivity contribution in [3.63, 3.8) is 0 Å². The van der Waals surface area contributed by atoms with Crippen molar-refractivity contribution in [3.8, 4) is 16.9 Å². The zero-order chi connectivity index (χ0) is 19.6. The van der Waals surface area contributed by atoms with Gasteiger partial charge in [0.15, 0.2) is 23.2 Å². The Balaban J connectivity index is 1.93. The van der Waals surface area contributed by atoms with Crippen LogP contribution in [0.15, 0.2) is 24.3 Å². The van der Waals surface area contributed by atoms with Crippen molar-refractivity contribution in [2.45, 2.75) is 38.5 Å². The van der Waals surface area contributed by atoms with Crippen molar-refractivity contribution in [3.05, 3.63) is 53.1 Å². The van der Waals surface area contributed by atoms with Crippen LogP contribution in [0.3, 0.4) is 0 Å². The van der Waals surface area contributed by atoms with E-state index in [0.29, 0.717) is 11.8 Å². The summed E-state index contributed by atoms with van der Waals surface area (Å²) in [7, 11) is 0. The predicted molar refractivity (Wildman–Crippen MR) is 98.3 cm³/mol. The molecule has 1 aliphatic carbocycles. The van der Waals surface area contributed by atoms with E-state index in [4.69, 9.17) is 16.3 Å². The summed E-state index contributed by atoms with van der Waals surface area (Å²) >= 11 is 5.87. The second-order valence-corrected chi connectivity index (χ2v) is 7.18. The molecule has 6 heteroatoms. The van der Waals surface area contributed by atoms with Gasteiger partial charge in [-0.3, -0.25) is 0 Å². The van der Waals surface area contributed by atoms with Crippen LogP contribution in [0.2, 0.25) is 0 Å². The maximum Gasteiger partial charge on any atom is 0.201 e. The molecule has 2 aromatic carbocycles. The first-order valence-corrected chi connectivity index (χ1v) is 9.66.